The lowest BCUT2D eigenvalue weighted by atomic mass is 9.86. The van der Waals surface area contributed by atoms with Crippen LogP contribution in [0.4, 0.5) is 4.39 Å². The van der Waals surface area contributed by atoms with Gasteiger partial charge in [0.05, 0.1) is 6.42 Å². The topological polar surface area (TPSA) is 41.1 Å². The van der Waals surface area contributed by atoms with Gasteiger partial charge in [-0.1, -0.05) is 41.9 Å². The first kappa shape index (κ1) is 16.9. The molecule has 0 heterocycles. The third-order valence-corrected chi connectivity index (χ3v) is 4.45. The molecule has 0 bridgehead atoms. The lowest BCUT2D eigenvalue weighted by Crippen LogP contribution is -2.52. The van der Waals surface area contributed by atoms with Crippen LogP contribution < -0.4 is 10.6 Å². The quantitative estimate of drug-likeness (QED) is 0.841. The molecule has 0 unspecified atom stereocenters. The molecular formula is C19H20ClFN2O. The molecule has 0 atom stereocenters. The smallest absolute Gasteiger partial charge is 0.224 e. The maximum Gasteiger partial charge on any atom is 0.224 e. The van der Waals surface area contributed by atoms with E-state index in [0.29, 0.717) is 16.6 Å². The molecule has 2 aromatic carbocycles. The second-order valence-corrected chi connectivity index (χ2v) is 6.69. The summed E-state index contributed by atoms with van der Waals surface area (Å²) < 4.78 is 13.3. The van der Waals surface area contributed by atoms with Gasteiger partial charge in [0.15, 0.2) is 0 Å². The van der Waals surface area contributed by atoms with Gasteiger partial charge in [0.1, 0.15) is 5.82 Å². The monoisotopic (exact) mass is 346 g/mol. The maximum atomic E-state index is 13.3. The molecule has 1 saturated carbocycles. The summed E-state index contributed by atoms with van der Waals surface area (Å²) in [5.74, 6) is -0.512. The highest BCUT2D eigenvalue weighted by Gasteiger charge is 2.29. The lowest BCUT2D eigenvalue weighted by molar-refractivity contribution is -0.121. The Morgan fingerprint density at radius 2 is 1.83 bits per heavy atom. The average Bonchev–Trinajstić information content (AvgIpc) is 2.49. The minimum Gasteiger partial charge on any atom is -0.353 e. The first-order chi connectivity index (χ1) is 11.6. The van der Waals surface area contributed by atoms with Crippen molar-refractivity contribution in [1.29, 1.82) is 0 Å². The van der Waals surface area contributed by atoms with Crippen molar-refractivity contribution in [2.24, 2.45) is 0 Å². The van der Waals surface area contributed by atoms with Gasteiger partial charge in [0.2, 0.25) is 5.91 Å². The molecule has 126 valence electrons. The number of halogens is 2. The number of nitrogens with one attached hydrogen (secondary N) is 2. The van der Waals surface area contributed by atoms with E-state index in [9.17, 15) is 9.18 Å². The third kappa shape index (κ3) is 4.79. The summed E-state index contributed by atoms with van der Waals surface area (Å²) in [5, 5.41) is 6.78. The zero-order valence-corrected chi connectivity index (χ0v) is 14.0. The zero-order valence-electron chi connectivity index (χ0n) is 13.3. The number of benzene rings is 2. The Balaban J connectivity index is 1.38. The minimum absolute atomic E-state index is 0.0943. The summed E-state index contributed by atoms with van der Waals surface area (Å²) in [6.07, 6.45) is 1.99. The Kier molecular flexibility index (Phi) is 5.48. The van der Waals surface area contributed by atoms with Crippen LogP contribution in [0.3, 0.4) is 0 Å². The van der Waals surface area contributed by atoms with Crippen LogP contribution in [0.25, 0.3) is 0 Å². The van der Waals surface area contributed by atoms with Crippen molar-refractivity contribution in [2.75, 3.05) is 0 Å². The van der Waals surface area contributed by atoms with Crippen molar-refractivity contribution >= 4 is 17.5 Å². The second-order valence-electron chi connectivity index (χ2n) is 6.25. The Hall–Kier alpha value is -1.91. The van der Waals surface area contributed by atoms with Crippen LogP contribution in [-0.2, 0) is 17.8 Å². The summed E-state index contributed by atoms with van der Waals surface area (Å²) in [4.78, 5) is 12.0. The molecule has 1 aliphatic carbocycles. The molecule has 0 radical (unpaired) electrons. The number of carbonyl (C=O) groups excluding carboxylic acids is 1. The normalized spacial score (nSPS) is 19.6. The van der Waals surface area contributed by atoms with Crippen molar-refractivity contribution in [2.45, 2.75) is 37.9 Å². The molecule has 0 aromatic heterocycles. The van der Waals surface area contributed by atoms with Gasteiger partial charge in [-0.05, 0) is 42.2 Å². The number of hydrogen-bond donors (Lipinski definition) is 2. The van der Waals surface area contributed by atoms with Gasteiger partial charge >= 0.3 is 0 Å². The van der Waals surface area contributed by atoms with E-state index in [1.54, 1.807) is 6.07 Å². The van der Waals surface area contributed by atoms with E-state index in [0.717, 1.165) is 19.4 Å². The molecule has 5 heteroatoms. The van der Waals surface area contributed by atoms with Crippen LogP contribution in [0.2, 0.25) is 5.02 Å². The van der Waals surface area contributed by atoms with E-state index in [-0.39, 0.29) is 18.4 Å². The van der Waals surface area contributed by atoms with E-state index >= 15 is 0 Å². The molecule has 2 N–H and O–H groups in total. The summed E-state index contributed by atoms with van der Waals surface area (Å²) in [6, 6.07) is 15.1. The molecule has 1 aliphatic rings. The van der Waals surface area contributed by atoms with Crippen LogP contribution in [0.15, 0.2) is 48.5 Å². The highest BCUT2D eigenvalue weighted by Crippen LogP contribution is 2.21. The summed E-state index contributed by atoms with van der Waals surface area (Å²) >= 11 is 5.80. The molecule has 1 amide bonds. The predicted octanol–water partition coefficient (Wildman–Crippen LogP) is 3.46. The van der Waals surface area contributed by atoms with Gasteiger partial charge < -0.3 is 10.6 Å². The van der Waals surface area contributed by atoms with Crippen LogP contribution >= 0.6 is 11.6 Å². The van der Waals surface area contributed by atoms with Crippen molar-refractivity contribution in [3.63, 3.8) is 0 Å². The largest absolute Gasteiger partial charge is 0.353 e. The highest BCUT2D eigenvalue weighted by molar-refractivity contribution is 6.30. The first-order valence-corrected chi connectivity index (χ1v) is 8.48. The average molecular weight is 347 g/mol. The van der Waals surface area contributed by atoms with Crippen molar-refractivity contribution in [3.05, 3.63) is 70.5 Å². The Bertz CT molecular complexity index is 682. The van der Waals surface area contributed by atoms with E-state index < -0.39 is 5.82 Å². The van der Waals surface area contributed by atoms with Gasteiger partial charge in [-0.25, -0.2) is 4.39 Å². The standard InChI is InChI=1S/C19H20ClFN2O/c20-15-6-14(7-16(21)9-15)8-19(24)23-18-10-17(11-18)22-12-13-4-2-1-3-5-13/h1-7,9,17-18,22H,8,10-12H2,(H,23,24)/t17-,18-. The Morgan fingerprint density at radius 3 is 2.54 bits per heavy atom. The van der Waals surface area contributed by atoms with E-state index in [1.165, 1.54) is 17.7 Å². The van der Waals surface area contributed by atoms with E-state index in [2.05, 4.69) is 22.8 Å². The molecule has 0 spiro atoms. The zero-order chi connectivity index (χ0) is 16.9. The van der Waals surface area contributed by atoms with Gasteiger partial charge in [0.25, 0.3) is 0 Å². The van der Waals surface area contributed by atoms with Crippen molar-refractivity contribution in [1.82, 2.24) is 10.6 Å². The molecule has 1 fully saturated rings. The first-order valence-electron chi connectivity index (χ1n) is 8.10. The fraction of sp³-hybridized carbons (Fsp3) is 0.316. The SMILES string of the molecule is O=C(Cc1cc(F)cc(Cl)c1)N[C@H]1C[C@H](NCc2ccccc2)C1. The van der Waals surface area contributed by atoms with Gasteiger partial charge in [-0.3, -0.25) is 4.79 Å². The van der Waals surface area contributed by atoms with Crippen LogP contribution in [0.1, 0.15) is 24.0 Å². The van der Waals surface area contributed by atoms with Crippen LogP contribution in [0.5, 0.6) is 0 Å². The fourth-order valence-corrected chi connectivity index (χ4v) is 3.18. The second kappa shape index (κ2) is 7.77. The fourth-order valence-electron chi connectivity index (χ4n) is 2.94. The van der Waals surface area contributed by atoms with E-state index in [4.69, 9.17) is 11.6 Å². The van der Waals surface area contributed by atoms with Gasteiger partial charge in [-0.15, -0.1) is 0 Å². The van der Waals surface area contributed by atoms with Gasteiger partial charge in [-0.2, -0.15) is 0 Å². The van der Waals surface area contributed by atoms with Crippen LogP contribution in [-0.4, -0.2) is 18.0 Å². The number of hydrogen-bond acceptors (Lipinski definition) is 2. The predicted molar refractivity (Wildman–Crippen MR) is 93.3 cm³/mol. The van der Waals surface area contributed by atoms with Crippen molar-refractivity contribution < 1.29 is 9.18 Å². The summed E-state index contributed by atoms with van der Waals surface area (Å²) in [6.45, 7) is 0.841. The molecule has 0 aliphatic heterocycles. The number of carbonyl (C=O) groups is 1. The molecule has 24 heavy (non-hydrogen) atoms. The van der Waals surface area contributed by atoms with Crippen molar-refractivity contribution in [3.8, 4) is 0 Å². The Morgan fingerprint density at radius 1 is 1.08 bits per heavy atom. The third-order valence-electron chi connectivity index (χ3n) is 4.23. The molecular weight excluding hydrogens is 327 g/mol. The minimum atomic E-state index is -0.417. The molecule has 2 aromatic rings. The number of amides is 1. The molecule has 0 saturated heterocycles. The Labute approximate surface area is 146 Å². The van der Waals surface area contributed by atoms with Crippen LogP contribution in [0, 0.1) is 5.82 Å². The molecule has 3 rings (SSSR count). The van der Waals surface area contributed by atoms with Gasteiger partial charge in [0, 0.05) is 23.7 Å². The number of rotatable bonds is 6. The maximum absolute atomic E-state index is 13.3. The van der Waals surface area contributed by atoms with E-state index in [1.807, 2.05) is 18.2 Å². The highest BCUT2D eigenvalue weighted by atomic mass is 35.5. The summed E-state index contributed by atoms with van der Waals surface area (Å²) in [7, 11) is 0. The molecule has 3 nitrogen and oxygen atoms in total. The lowest BCUT2D eigenvalue weighted by Gasteiger charge is -2.36. The summed E-state index contributed by atoms with van der Waals surface area (Å²) in [5.41, 5.74) is 1.85.